The Kier molecular flexibility index (Phi) is 4.01. The van der Waals surface area contributed by atoms with E-state index >= 15 is 0 Å². The molecule has 1 aromatic carbocycles. The standard InChI is InChI=1S/C12H15ClN2O3S/c13-10-5-1-4-9(11(10)14)12(16)15-7-8-3-2-6-19(8,17)18/h1,4-5,8H,2-3,6-7,14H2,(H,15,16). The zero-order chi connectivity index (χ0) is 14.0. The van der Waals surface area contributed by atoms with Gasteiger partial charge in [0, 0.05) is 6.54 Å². The van der Waals surface area contributed by atoms with Gasteiger partial charge in [-0.2, -0.15) is 0 Å². The second-order valence-corrected chi connectivity index (χ2v) is 7.35. The molecule has 104 valence electrons. The van der Waals surface area contributed by atoms with Crippen LogP contribution in [0.4, 0.5) is 5.69 Å². The highest BCUT2D eigenvalue weighted by atomic mass is 35.5. The molecule has 2 rings (SSSR count). The Labute approximate surface area is 117 Å². The Balaban J connectivity index is 2.04. The first kappa shape index (κ1) is 14.1. The molecule has 1 aliphatic heterocycles. The van der Waals surface area contributed by atoms with E-state index in [2.05, 4.69) is 5.32 Å². The molecule has 1 aromatic rings. The second-order valence-electron chi connectivity index (χ2n) is 4.54. The molecular formula is C12H15ClN2O3S. The Hall–Kier alpha value is -1.27. The molecule has 1 amide bonds. The van der Waals surface area contributed by atoms with E-state index in [0.717, 1.165) is 0 Å². The van der Waals surface area contributed by atoms with Crippen molar-refractivity contribution in [2.24, 2.45) is 0 Å². The molecule has 7 heteroatoms. The average Bonchev–Trinajstić information content (AvgIpc) is 2.69. The molecular weight excluding hydrogens is 288 g/mol. The summed E-state index contributed by atoms with van der Waals surface area (Å²) in [5, 5.41) is 2.43. The van der Waals surface area contributed by atoms with Crippen LogP contribution < -0.4 is 11.1 Å². The third-order valence-corrected chi connectivity index (χ3v) is 5.86. The summed E-state index contributed by atoms with van der Waals surface area (Å²) in [4.78, 5) is 11.9. The maximum absolute atomic E-state index is 11.9. The van der Waals surface area contributed by atoms with Crippen molar-refractivity contribution >= 4 is 33.0 Å². The summed E-state index contributed by atoms with van der Waals surface area (Å²) < 4.78 is 23.3. The molecule has 0 radical (unpaired) electrons. The molecule has 1 fully saturated rings. The highest BCUT2D eigenvalue weighted by Gasteiger charge is 2.31. The maximum Gasteiger partial charge on any atom is 0.253 e. The molecule has 1 unspecified atom stereocenters. The van der Waals surface area contributed by atoms with Crippen molar-refractivity contribution in [2.75, 3.05) is 18.0 Å². The topological polar surface area (TPSA) is 89.3 Å². The lowest BCUT2D eigenvalue weighted by molar-refractivity contribution is 0.0954. The normalized spacial score (nSPS) is 21.2. The van der Waals surface area contributed by atoms with Gasteiger partial charge in [0.05, 0.1) is 27.3 Å². The van der Waals surface area contributed by atoms with E-state index < -0.39 is 21.0 Å². The summed E-state index contributed by atoms with van der Waals surface area (Å²) in [5.74, 6) is -0.200. The molecule has 0 spiro atoms. The van der Waals surface area contributed by atoms with Gasteiger partial charge in [-0.1, -0.05) is 17.7 Å². The average molecular weight is 303 g/mol. The fourth-order valence-corrected chi connectivity index (χ4v) is 4.06. The number of halogens is 1. The molecule has 0 saturated carbocycles. The van der Waals surface area contributed by atoms with Crippen LogP contribution in [0.5, 0.6) is 0 Å². The molecule has 1 atom stereocenters. The first-order valence-electron chi connectivity index (χ1n) is 5.95. The van der Waals surface area contributed by atoms with Crippen molar-refractivity contribution in [1.82, 2.24) is 5.32 Å². The number of hydrogen-bond donors (Lipinski definition) is 2. The van der Waals surface area contributed by atoms with Crippen LogP contribution in [0.1, 0.15) is 23.2 Å². The lowest BCUT2D eigenvalue weighted by atomic mass is 10.1. The fraction of sp³-hybridized carbons (Fsp3) is 0.417. The summed E-state index contributed by atoms with van der Waals surface area (Å²) in [6.45, 7) is 0.118. The fourth-order valence-electron chi connectivity index (χ4n) is 2.12. The predicted octanol–water partition coefficient (Wildman–Crippen LogP) is 1.23. The number of nitrogens with one attached hydrogen (secondary N) is 1. The van der Waals surface area contributed by atoms with Gasteiger partial charge in [0.25, 0.3) is 5.91 Å². The van der Waals surface area contributed by atoms with Crippen LogP contribution in [0.3, 0.4) is 0 Å². The van der Waals surface area contributed by atoms with Crippen LogP contribution in [0, 0.1) is 0 Å². The van der Waals surface area contributed by atoms with Crippen molar-refractivity contribution in [3.05, 3.63) is 28.8 Å². The molecule has 0 aromatic heterocycles. The smallest absolute Gasteiger partial charge is 0.253 e. The highest BCUT2D eigenvalue weighted by Crippen LogP contribution is 2.23. The number of nitrogens with two attached hydrogens (primary N) is 1. The van der Waals surface area contributed by atoms with Crippen LogP contribution in [-0.4, -0.2) is 31.9 Å². The third kappa shape index (κ3) is 3.01. The quantitative estimate of drug-likeness (QED) is 0.822. The monoisotopic (exact) mass is 302 g/mol. The van der Waals surface area contributed by atoms with Crippen molar-refractivity contribution in [3.63, 3.8) is 0 Å². The summed E-state index contributed by atoms with van der Waals surface area (Å²) >= 11 is 5.83. The minimum Gasteiger partial charge on any atom is -0.397 e. The number of rotatable bonds is 3. The van der Waals surface area contributed by atoms with Crippen LogP contribution in [0.2, 0.25) is 5.02 Å². The van der Waals surface area contributed by atoms with E-state index in [1.54, 1.807) is 18.2 Å². The zero-order valence-electron chi connectivity index (χ0n) is 10.2. The van der Waals surface area contributed by atoms with Crippen LogP contribution in [0.15, 0.2) is 18.2 Å². The Morgan fingerprint density at radius 3 is 2.84 bits per heavy atom. The lowest BCUT2D eigenvalue weighted by Gasteiger charge is -2.12. The first-order chi connectivity index (χ1) is 8.92. The van der Waals surface area contributed by atoms with Gasteiger partial charge in [0.15, 0.2) is 9.84 Å². The van der Waals surface area contributed by atoms with Gasteiger partial charge in [0.2, 0.25) is 0 Å². The van der Waals surface area contributed by atoms with E-state index in [1.807, 2.05) is 0 Å². The summed E-state index contributed by atoms with van der Waals surface area (Å²) in [7, 11) is -3.06. The van der Waals surface area contributed by atoms with Gasteiger partial charge in [-0.15, -0.1) is 0 Å². The molecule has 19 heavy (non-hydrogen) atoms. The van der Waals surface area contributed by atoms with Crippen LogP contribution in [-0.2, 0) is 9.84 Å². The number of nitrogen functional groups attached to an aromatic ring is 1. The van der Waals surface area contributed by atoms with Crippen LogP contribution in [0.25, 0.3) is 0 Å². The number of benzene rings is 1. The van der Waals surface area contributed by atoms with Gasteiger partial charge in [0.1, 0.15) is 0 Å². The van der Waals surface area contributed by atoms with E-state index in [-0.39, 0.29) is 23.5 Å². The Morgan fingerprint density at radius 1 is 1.47 bits per heavy atom. The van der Waals surface area contributed by atoms with Crippen molar-refractivity contribution in [3.8, 4) is 0 Å². The molecule has 1 saturated heterocycles. The summed E-state index contributed by atoms with van der Waals surface area (Å²) in [6.07, 6.45) is 1.25. The molecule has 1 heterocycles. The number of amides is 1. The van der Waals surface area contributed by atoms with Crippen molar-refractivity contribution < 1.29 is 13.2 Å². The van der Waals surface area contributed by atoms with E-state index in [1.165, 1.54) is 0 Å². The first-order valence-corrected chi connectivity index (χ1v) is 8.05. The number of anilines is 1. The molecule has 1 aliphatic rings. The highest BCUT2D eigenvalue weighted by molar-refractivity contribution is 7.92. The Morgan fingerprint density at radius 2 is 2.21 bits per heavy atom. The lowest BCUT2D eigenvalue weighted by Crippen LogP contribution is -2.34. The number of hydrogen-bond acceptors (Lipinski definition) is 4. The summed E-state index contributed by atoms with van der Waals surface area (Å²) in [5.41, 5.74) is 6.18. The van der Waals surface area contributed by atoms with Crippen molar-refractivity contribution in [2.45, 2.75) is 18.1 Å². The van der Waals surface area contributed by atoms with E-state index in [0.29, 0.717) is 17.9 Å². The molecule has 0 aliphatic carbocycles. The zero-order valence-corrected chi connectivity index (χ0v) is 11.8. The number of sulfone groups is 1. The predicted molar refractivity (Wildman–Crippen MR) is 75.0 cm³/mol. The third-order valence-electron chi connectivity index (χ3n) is 3.25. The minimum absolute atomic E-state index is 0.118. The summed E-state index contributed by atoms with van der Waals surface area (Å²) in [6, 6.07) is 4.77. The van der Waals surface area contributed by atoms with Crippen LogP contribution >= 0.6 is 11.6 Å². The van der Waals surface area contributed by atoms with Gasteiger partial charge >= 0.3 is 0 Å². The molecule has 0 bridgehead atoms. The SMILES string of the molecule is Nc1c(Cl)cccc1C(=O)NCC1CCCS1(=O)=O. The molecule has 5 nitrogen and oxygen atoms in total. The van der Waals surface area contributed by atoms with Gasteiger partial charge in [-0.25, -0.2) is 8.42 Å². The number of carbonyl (C=O) groups is 1. The Bertz CT molecular complexity index is 601. The van der Waals surface area contributed by atoms with Gasteiger partial charge in [-0.05, 0) is 25.0 Å². The second kappa shape index (κ2) is 5.38. The van der Waals surface area contributed by atoms with Gasteiger partial charge in [-0.3, -0.25) is 4.79 Å². The maximum atomic E-state index is 11.9. The van der Waals surface area contributed by atoms with E-state index in [4.69, 9.17) is 17.3 Å². The minimum atomic E-state index is -3.06. The molecule has 3 N–H and O–H groups in total. The number of carbonyl (C=O) groups excluding carboxylic acids is 1. The van der Waals surface area contributed by atoms with Crippen molar-refractivity contribution in [1.29, 1.82) is 0 Å². The number of para-hydroxylation sites is 1. The largest absolute Gasteiger partial charge is 0.397 e. The van der Waals surface area contributed by atoms with Gasteiger partial charge < -0.3 is 11.1 Å². The van der Waals surface area contributed by atoms with E-state index in [9.17, 15) is 13.2 Å².